The van der Waals surface area contributed by atoms with Crippen LogP contribution in [0.25, 0.3) is 0 Å². The molecule has 2 atom stereocenters. The van der Waals surface area contributed by atoms with Gasteiger partial charge in [0.25, 0.3) is 0 Å². The van der Waals surface area contributed by atoms with E-state index in [-0.39, 0.29) is 11.9 Å². The number of benzene rings is 2. The third kappa shape index (κ3) is 2.53. The summed E-state index contributed by atoms with van der Waals surface area (Å²) in [5, 5.41) is 3.53. The summed E-state index contributed by atoms with van der Waals surface area (Å²) < 4.78 is 13.8. The molecule has 3 rings (SSSR count). The Morgan fingerprint density at radius 2 is 1.89 bits per heavy atom. The van der Waals surface area contributed by atoms with Crippen molar-refractivity contribution in [2.24, 2.45) is 0 Å². The Morgan fingerprint density at radius 3 is 2.74 bits per heavy atom. The summed E-state index contributed by atoms with van der Waals surface area (Å²) in [5.74, 6) is 0.874. The Balaban J connectivity index is 1.78. The lowest BCUT2D eigenvalue weighted by molar-refractivity contribution is 0.479. The molecule has 2 aromatic carbocycles. The first-order chi connectivity index (χ1) is 9.25. The standard InChI is InChI=1S/C16H16FNS/c1-11(12-6-2-4-8-14(12)17)18-15-10-19-16-9-5-3-7-13(15)16/h2-9,11,15,18H,10H2,1H3. The zero-order valence-electron chi connectivity index (χ0n) is 10.8. The van der Waals surface area contributed by atoms with E-state index in [1.54, 1.807) is 6.07 Å². The molecular formula is C16H16FNS. The second-order valence-corrected chi connectivity index (χ2v) is 5.87. The molecule has 1 aliphatic rings. The predicted octanol–water partition coefficient (Wildman–Crippen LogP) is 4.32. The average Bonchev–Trinajstić information content (AvgIpc) is 2.83. The minimum atomic E-state index is -0.138. The quantitative estimate of drug-likeness (QED) is 0.893. The largest absolute Gasteiger partial charge is 0.302 e. The van der Waals surface area contributed by atoms with Crippen LogP contribution in [-0.2, 0) is 0 Å². The SMILES string of the molecule is CC(NC1CSc2ccccc21)c1ccccc1F. The minimum Gasteiger partial charge on any atom is -0.302 e. The van der Waals surface area contributed by atoms with Gasteiger partial charge >= 0.3 is 0 Å². The van der Waals surface area contributed by atoms with Crippen molar-refractivity contribution in [3.05, 3.63) is 65.5 Å². The number of fused-ring (bicyclic) bond motifs is 1. The summed E-state index contributed by atoms with van der Waals surface area (Å²) >= 11 is 1.86. The maximum atomic E-state index is 13.8. The molecule has 0 amide bonds. The molecule has 1 N–H and O–H groups in total. The highest BCUT2D eigenvalue weighted by molar-refractivity contribution is 7.99. The monoisotopic (exact) mass is 273 g/mol. The van der Waals surface area contributed by atoms with Crippen LogP contribution in [0.5, 0.6) is 0 Å². The fraction of sp³-hybridized carbons (Fsp3) is 0.250. The number of hydrogen-bond donors (Lipinski definition) is 1. The molecule has 1 aliphatic heterocycles. The Kier molecular flexibility index (Phi) is 3.58. The fourth-order valence-corrected chi connectivity index (χ4v) is 3.69. The maximum Gasteiger partial charge on any atom is 0.127 e. The molecule has 0 saturated carbocycles. The molecule has 0 aromatic heterocycles. The number of rotatable bonds is 3. The van der Waals surface area contributed by atoms with E-state index in [4.69, 9.17) is 0 Å². The molecule has 3 heteroatoms. The Morgan fingerprint density at radius 1 is 1.16 bits per heavy atom. The van der Waals surface area contributed by atoms with Gasteiger partial charge < -0.3 is 5.32 Å². The van der Waals surface area contributed by atoms with Crippen molar-refractivity contribution in [2.45, 2.75) is 23.9 Å². The van der Waals surface area contributed by atoms with Crippen LogP contribution < -0.4 is 5.32 Å². The van der Waals surface area contributed by atoms with E-state index in [9.17, 15) is 4.39 Å². The van der Waals surface area contributed by atoms with Crippen molar-refractivity contribution in [2.75, 3.05) is 5.75 Å². The summed E-state index contributed by atoms with van der Waals surface area (Å²) in [7, 11) is 0. The molecule has 2 aromatic rings. The number of hydrogen-bond acceptors (Lipinski definition) is 2. The maximum absolute atomic E-state index is 13.8. The van der Waals surface area contributed by atoms with Crippen molar-refractivity contribution in [3.8, 4) is 0 Å². The molecule has 98 valence electrons. The van der Waals surface area contributed by atoms with Crippen LogP contribution in [-0.4, -0.2) is 5.75 Å². The smallest absolute Gasteiger partial charge is 0.127 e. The van der Waals surface area contributed by atoms with Gasteiger partial charge in [0.05, 0.1) is 0 Å². The Bertz CT molecular complexity index is 584. The van der Waals surface area contributed by atoms with E-state index < -0.39 is 0 Å². The van der Waals surface area contributed by atoms with E-state index in [1.165, 1.54) is 16.5 Å². The zero-order chi connectivity index (χ0) is 13.2. The van der Waals surface area contributed by atoms with Gasteiger partial charge in [-0.1, -0.05) is 36.4 Å². The van der Waals surface area contributed by atoms with Gasteiger partial charge in [0, 0.05) is 28.3 Å². The third-order valence-corrected chi connectivity index (χ3v) is 4.71. The van der Waals surface area contributed by atoms with Gasteiger partial charge in [0.2, 0.25) is 0 Å². The number of halogens is 1. The molecular weight excluding hydrogens is 257 g/mol. The van der Waals surface area contributed by atoms with E-state index in [0.717, 1.165) is 11.3 Å². The minimum absolute atomic E-state index is 0.0120. The highest BCUT2D eigenvalue weighted by Gasteiger charge is 2.24. The highest BCUT2D eigenvalue weighted by Crippen LogP contribution is 2.38. The highest BCUT2D eigenvalue weighted by atomic mass is 32.2. The molecule has 2 unspecified atom stereocenters. The summed E-state index contributed by atoms with van der Waals surface area (Å²) in [5.41, 5.74) is 2.06. The van der Waals surface area contributed by atoms with Gasteiger partial charge in [-0.15, -0.1) is 11.8 Å². The van der Waals surface area contributed by atoms with Crippen molar-refractivity contribution < 1.29 is 4.39 Å². The first-order valence-electron chi connectivity index (χ1n) is 6.48. The van der Waals surface area contributed by atoms with Gasteiger partial charge in [-0.2, -0.15) is 0 Å². The summed E-state index contributed by atoms with van der Waals surface area (Å²) in [6, 6.07) is 15.7. The Labute approximate surface area is 117 Å². The van der Waals surface area contributed by atoms with Crippen LogP contribution in [0.1, 0.15) is 30.1 Å². The molecule has 1 heterocycles. The van der Waals surface area contributed by atoms with Crippen molar-refractivity contribution in [1.29, 1.82) is 0 Å². The molecule has 0 bridgehead atoms. The first kappa shape index (κ1) is 12.7. The zero-order valence-corrected chi connectivity index (χ0v) is 11.6. The lowest BCUT2D eigenvalue weighted by atomic mass is 10.0. The number of nitrogens with one attached hydrogen (secondary N) is 1. The number of thioether (sulfide) groups is 1. The first-order valence-corrected chi connectivity index (χ1v) is 7.46. The lowest BCUT2D eigenvalue weighted by Crippen LogP contribution is -2.25. The molecule has 0 fully saturated rings. The second-order valence-electron chi connectivity index (χ2n) is 4.81. The van der Waals surface area contributed by atoms with E-state index in [0.29, 0.717) is 6.04 Å². The lowest BCUT2D eigenvalue weighted by Gasteiger charge is -2.20. The van der Waals surface area contributed by atoms with Gasteiger partial charge in [0.15, 0.2) is 0 Å². The fourth-order valence-electron chi connectivity index (χ4n) is 2.52. The average molecular weight is 273 g/mol. The van der Waals surface area contributed by atoms with Crippen LogP contribution in [0.15, 0.2) is 53.4 Å². The molecule has 0 spiro atoms. The van der Waals surface area contributed by atoms with Crippen LogP contribution in [0.3, 0.4) is 0 Å². The van der Waals surface area contributed by atoms with Crippen molar-refractivity contribution >= 4 is 11.8 Å². The van der Waals surface area contributed by atoms with Crippen LogP contribution in [0, 0.1) is 5.82 Å². The van der Waals surface area contributed by atoms with Gasteiger partial charge in [0.1, 0.15) is 5.82 Å². The van der Waals surface area contributed by atoms with Gasteiger partial charge in [-0.25, -0.2) is 4.39 Å². The van der Waals surface area contributed by atoms with Crippen LogP contribution >= 0.6 is 11.8 Å². The predicted molar refractivity (Wildman–Crippen MR) is 77.9 cm³/mol. The summed E-state index contributed by atoms with van der Waals surface area (Å²) in [6.07, 6.45) is 0. The molecule has 0 aliphatic carbocycles. The molecule has 1 nitrogen and oxygen atoms in total. The van der Waals surface area contributed by atoms with E-state index in [2.05, 4.69) is 29.6 Å². The van der Waals surface area contributed by atoms with Crippen LogP contribution in [0.4, 0.5) is 4.39 Å². The van der Waals surface area contributed by atoms with Crippen LogP contribution in [0.2, 0.25) is 0 Å². The molecule has 0 radical (unpaired) electrons. The van der Waals surface area contributed by atoms with Gasteiger partial charge in [-0.3, -0.25) is 0 Å². The van der Waals surface area contributed by atoms with Crippen molar-refractivity contribution in [1.82, 2.24) is 5.32 Å². The molecule has 19 heavy (non-hydrogen) atoms. The summed E-state index contributed by atoms with van der Waals surface area (Å²) in [4.78, 5) is 1.33. The molecule has 0 saturated heterocycles. The van der Waals surface area contributed by atoms with E-state index in [1.807, 2.05) is 30.8 Å². The van der Waals surface area contributed by atoms with E-state index >= 15 is 0 Å². The normalized spacial score (nSPS) is 19.2. The van der Waals surface area contributed by atoms with Crippen molar-refractivity contribution in [3.63, 3.8) is 0 Å². The third-order valence-electron chi connectivity index (χ3n) is 3.52. The van der Waals surface area contributed by atoms with Gasteiger partial charge in [-0.05, 0) is 24.6 Å². The Hall–Kier alpha value is -1.32. The second kappa shape index (κ2) is 5.35. The topological polar surface area (TPSA) is 12.0 Å². The summed E-state index contributed by atoms with van der Waals surface area (Å²) in [6.45, 7) is 2.02.